The summed E-state index contributed by atoms with van der Waals surface area (Å²) < 4.78 is 6.61. The molecule has 1 aromatic heterocycles. The van der Waals surface area contributed by atoms with Crippen LogP contribution in [0.4, 0.5) is 0 Å². The molecule has 2 aromatic rings. The Hall–Kier alpha value is -2.94. The van der Waals surface area contributed by atoms with Gasteiger partial charge >= 0.3 is 11.7 Å². The van der Waals surface area contributed by atoms with Crippen LogP contribution >= 0.6 is 0 Å². The Balaban J connectivity index is 1.76. The van der Waals surface area contributed by atoms with Crippen molar-refractivity contribution in [3.63, 3.8) is 0 Å². The summed E-state index contributed by atoms with van der Waals surface area (Å²) >= 11 is 0. The molecule has 144 valence electrons. The topological polar surface area (TPSA) is 130 Å². The van der Waals surface area contributed by atoms with E-state index >= 15 is 0 Å². The average Bonchev–Trinajstić information content (AvgIpc) is 2.61. The molecule has 0 aliphatic carbocycles. The minimum absolute atomic E-state index is 0.0157. The standard InChI is InChI=1S/C18H21N3O6/c22-14(20-18(11-15(23)24)6-9-27-10-7-18)5-8-21-13-4-2-1-3-12(13)16(25)19-17(21)26/h1-4H,5-11H2,(H,20,22)(H,23,24)(H,19,25,26). The fraction of sp³-hybridized carbons (Fsp3) is 0.444. The number of rotatable bonds is 6. The Kier molecular flexibility index (Phi) is 5.41. The molecule has 9 nitrogen and oxygen atoms in total. The zero-order valence-electron chi connectivity index (χ0n) is 14.7. The Morgan fingerprint density at radius 2 is 1.93 bits per heavy atom. The molecular formula is C18H21N3O6. The van der Waals surface area contributed by atoms with Gasteiger partial charge in [0.2, 0.25) is 5.91 Å². The third kappa shape index (κ3) is 4.25. The van der Waals surface area contributed by atoms with Crippen molar-refractivity contribution in [2.24, 2.45) is 0 Å². The Labute approximate surface area is 154 Å². The molecule has 2 heterocycles. The number of aryl methyl sites for hydroxylation is 1. The average molecular weight is 375 g/mol. The predicted molar refractivity (Wildman–Crippen MR) is 96.6 cm³/mol. The van der Waals surface area contributed by atoms with Crippen LogP contribution in [-0.2, 0) is 20.9 Å². The van der Waals surface area contributed by atoms with Crippen molar-refractivity contribution < 1.29 is 19.4 Å². The van der Waals surface area contributed by atoms with Crippen molar-refractivity contribution in [1.29, 1.82) is 0 Å². The number of aromatic nitrogens is 2. The molecule has 0 spiro atoms. The molecule has 0 atom stereocenters. The minimum atomic E-state index is -0.986. The van der Waals surface area contributed by atoms with E-state index in [-0.39, 0.29) is 25.3 Å². The smallest absolute Gasteiger partial charge is 0.328 e. The van der Waals surface area contributed by atoms with E-state index in [9.17, 15) is 19.2 Å². The van der Waals surface area contributed by atoms with Gasteiger partial charge in [0.15, 0.2) is 0 Å². The maximum Gasteiger partial charge on any atom is 0.328 e. The number of carboxylic acids is 1. The summed E-state index contributed by atoms with van der Waals surface area (Å²) in [7, 11) is 0. The van der Waals surface area contributed by atoms with E-state index in [2.05, 4.69) is 10.3 Å². The van der Waals surface area contributed by atoms with Gasteiger partial charge in [-0.25, -0.2) is 4.79 Å². The van der Waals surface area contributed by atoms with Crippen molar-refractivity contribution in [2.45, 2.75) is 37.8 Å². The summed E-state index contributed by atoms with van der Waals surface area (Å²) in [5, 5.41) is 12.4. The van der Waals surface area contributed by atoms with Crippen LogP contribution in [0.3, 0.4) is 0 Å². The second kappa shape index (κ2) is 7.75. The highest BCUT2D eigenvalue weighted by molar-refractivity contribution is 5.80. The molecule has 27 heavy (non-hydrogen) atoms. The van der Waals surface area contributed by atoms with Gasteiger partial charge in [-0.05, 0) is 25.0 Å². The highest BCUT2D eigenvalue weighted by Gasteiger charge is 2.36. The number of aromatic amines is 1. The largest absolute Gasteiger partial charge is 0.481 e. The fourth-order valence-corrected chi connectivity index (χ4v) is 3.43. The van der Waals surface area contributed by atoms with E-state index in [1.165, 1.54) is 4.57 Å². The van der Waals surface area contributed by atoms with Gasteiger partial charge in [-0.1, -0.05) is 12.1 Å². The van der Waals surface area contributed by atoms with Gasteiger partial charge in [0.1, 0.15) is 0 Å². The summed E-state index contributed by atoms with van der Waals surface area (Å²) in [5.41, 5.74) is -1.44. The van der Waals surface area contributed by atoms with E-state index in [1.807, 2.05) is 0 Å². The Morgan fingerprint density at radius 1 is 1.22 bits per heavy atom. The maximum atomic E-state index is 12.5. The van der Waals surface area contributed by atoms with E-state index < -0.39 is 22.8 Å². The number of benzene rings is 1. The van der Waals surface area contributed by atoms with Crippen molar-refractivity contribution in [1.82, 2.24) is 14.9 Å². The van der Waals surface area contributed by atoms with Crippen molar-refractivity contribution in [3.05, 3.63) is 45.1 Å². The highest BCUT2D eigenvalue weighted by Crippen LogP contribution is 2.24. The third-order valence-corrected chi connectivity index (χ3v) is 4.81. The number of fused-ring (bicyclic) bond motifs is 1. The number of carbonyl (C=O) groups excluding carboxylic acids is 1. The minimum Gasteiger partial charge on any atom is -0.481 e. The number of nitrogens with one attached hydrogen (secondary N) is 2. The van der Waals surface area contributed by atoms with Crippen molar-refractivity contribution >= 4 is 22.8 Å². The van der Waals surface area contributed by atoms with Gasteiger partial charge in [0.05, 0.1) is 22.9 Å². The van der Waals surface area contributed by atoms with Gasteiger partial charge in [0, 0.05) is 26.2 Å². The van der Waals surface area contributed by atoms with Crippen molar-refractivity contribution in [2.75, 3.05) is 13.2 Å². The third-order valence-electron chi connectivity index (χ3n) is 4.81. The van der Waals surface area contributed by atoms with Gasteiger partial charge in [0.25, 0.3) is 5.56 Å². The lowest BCUT2D eigenvalue weighted by molar-refractivity contribution is -0.140. The fourth-order valence-electron chi connectivity index (χ4n) is 3.43. The molecule has 3 rings (SSSR count). The first-order valence-corrected chi connectivity index (χ1v) is 8.73. The molecule has 1 aliphatic heterocycles. The molecule has 1 amide bonds. The molecule has 0 saturated carbocycles. The van der Waals surface area contributed by atoms with Crippen LogP contribution in [0.25, 0.3) is 10.9 Å². The van der Waals surface area contributed by atoms with Gasteiger partial charge in [-0.3, -0.25) is 23.9 Å². The maximum absolute atomic E-state index is 12.5. The quantitative estimate of drug-likeness (QED) is 0.662. The summed E-state index contributed by atoms with van der Waals surface area (Å²) in [5.74, 6) is -1.33. The first-order chi connectivity index (χ1) is 12.9. The van der Waals surface area contributed by atoms with Crippen LogP contribution in [0, 0.1) is 0 Å². The van der Waals surface area contributed by atoms with E-state index in [0.29, 0.717) is 37.0 Å². The van der Waals surface area contributed by atoms with Crippen LogP contribution in [0.2, 0.25) is 0 Å². The summed E-state index contributed by atoms with van der Waals surface area (Å²) in [6.45, 7) is 0.844. The number of carboxylic acid groups (broad SMARTS) is 1. The second-order valence-corrected chi connectivity index (χ2v) is 6.69. The number of ether oxygens (including phenoxy) is 1. The lowest BCUT2D eigenvalue weighted by Gasteiger charge is -2.36. The Morgan fingerprint density at radius 3 is 2.63 bits per heavy atom. The zero-order valence-corrected chi connectivity index (χ0v) is 14.7. The normalized spacial score (nSPS) is 16.1. The zero-order chi connectivity index (χ0) is 19.4. The van der Waals surface area contributed by atoms with E-state index in [1.54, 1.807) is 24.3 Å². The summed E-state index contributed by atoms with van der Waals surface area (Å²) in [6.07, 6.45) is 0.654. The highest BCUT2D eigenvalue weighted by atomic mass is 16.5. The number of hydrogen-bond donors (Lipinski definition) is 3. The molecule has 1 aliphatic rings. The molecule has 1 aromatic carbocycles. The number of hydrogen-bond acceptors (Lipinski definition) is 5. The molecule has 3 N–H and O–H groups in total. The Bertz CT molecular complexity index is 971. The van der Waals surface area contributed by atoms with Gasteiger partial charge in [-0.2, -0.15) is 0 Å². The second-order valence-electron chi connectivity index (χ2n) is 6.69. The first-order valence-electron chi connectivity index (χ1n) is 8.73. The monoisotopic (exact) mass is 375 g/mol. The summed E-state index contributed by atoms with van der Waals surface area (Å²) in [4.78, 5) is 49.9. The first kappa shape index (κ1) is 18.8. The number of nitrogens with zero attached hydrogens (tertiary/aromatic N) is 1. The molecule has 0 bridgehead atoms. The van der Waals surface area contributed by atoms with Crippen LogP contribution in [-0.4, -0.2) is 45.3 Å². The van der Waals surface area contributed by atoms with Crippen LogP contribution < -0.4 is 16.6 Å². The molecule has 0 unspecified atom stereocenters. The van der Waals surface area contributed by atoms with Crippen molar-refractivity contribution in [3.8, 4) is 0 Å². The molecule has 9 heteroatoms. The van der Waals surface area contributed by atoms with Gasteiger partial charge < -0.3 is 15.2 Å². The molecule has 1 fully saturated rings. The van der Waals surface area contributed by atoms with Crippen LogP contribution in [0.1, 0.15) is 25.7 Å². The SMILES string of the molecule is O=C(O)CC1(NC(=O)CCn2c(=O)[nH]c(=O)c3ccccc32)CCOCC1. The number of para-hydroxylation sites is 1. The molecule has 0 radical (unpaired) electrons. The lowest BCUT2D eigenvalue weighted by atomic mass is 9.86. The number of amides is 1. The number of aliphatic carboxylic acids is 1. The number of H-pyrrole nitrogens is 1. The lowest BCUT2D eigenvalue weighted by Crippen LogP contribution is -2.53. The predicted octanol–water partition coefficient (Wildman–Crippen LogP) is 0.220. The van der Waals surface area contributed by atoms with Crippen LogP contribution in [0.5, 0.6) is 0 Å². The van der Waals surface area contributed by atoms with Crippen LogP contribution in [0.15, 0.2) is 33.9 Å². The van der Waals surface area contributed by atoms with E-state index in [0.717, 1.165) is 0 Å². The summed E-state index contributed by atoms with van der Waals surface area (Å²) in [6, 6.07) is 6.66. The number of carbonyl (C=O) groups is 2. The molecule has 1 saturated heterocycles. The van der Waals surface area contributed by atoms with E-state index in [4.69, 9.17) is 9.84 Å². The van der Waals surface area contributed by atoms with Gasteiger partial charge in [-0.15, -0.1) is 0 Å². The molecular weight excluding hydrogens is 354 g/mol.